The van der Waals surface area contributed by atoms with Gasteiger partial charge in [-0.3, -0.25) is 0 Å². The van der Waals surface area contributed by atoms with Crippen LogP contribution < -0.4 is 5.32 Å². The number of nitrogens with zero attached hydrogens (tertiary/aromatic N) is 2. The van der Waals surface area contributed by atoms with Crippen LogP contribution in [0.15, 0.2) is 30.3 Å². The van der Waals surface area contributed by atoms with Gasteiger partial charge < -0.3 is 5.32 Å². The van der Waals surface area contributed by atoms with Gasteiger partial charge in [0, 0.05) is 15.3 Å². The number of halogens is 5. The lowest BCUT2D eigenvalue weighted by atomic mass is 10.3. The van der Waals surface area contributed by atoms with E-state index < -0.39 is 17.2 Å². The minimum Gasteiger partial charge on any atom is -0.340 e. The summed E-state index contributed by atoms with van der Waals surface area (Å²) in [5, 5.41) is 2.29. The first-order valence-electron chi connectivity index (χ1n) is 4.99. The van der Waals surface area contributed by atoms with Crippen molar-refractivity contribution in [3.63, 3.8) is 0 Å². The van der Waals surface area contributed by atoms with E-state index in [2.05, 4.69) is 37.9 Å². The topological polar surface area (TPSA) is 37.8 Å². The molecule has 0 unspecified atom stereocenters. The SMILES string of the molecule is FC(F)(F)c1cc(Nc2ccc(I)cc2)nc(Cl)n1. The van der Waals surface area contributed by atoms with E-state index >= 15 is 0 Å². The Kier molecular flexibility index (Phi) is 4.14. The van der Waals surface area contributed by atoms with Crippen LogP contribution in [-0.4, -0.2) is 9.97 Å². The maximum Gasteiger partial charge on any atom is 0.433 e. The summed E-state index contributed by atoms with van der Waals surface area (Å²) in [6, 6.07) is 7.90. The molecule has 1 aromatic heterocycles. The lowest BCUT2D eigenvalue weighted by molar-refractivity contribution is -0.141. The van der Waals surface area contributed by atoms with Crippen LogP contribution in [0.4, 0.5) is 24.7 Å². The lowest BCUT2D eigenvalue weighted by Gasteiger charge is -2.09. The van der Waals surface area contributed by atoms with Gasteiger partial charge in [0.25, 0.3) is 0 Å². The summed E-state index contributed by atoms with van der Waals surface area (Å²) < 4.78 is 38.7. The minimum absolute atomic E-state index is 0.00599. The second-order valence-corrected chi connectivity index (χ2v) is 5.12. The molecule has 0 aliphatic rings. The van der Waals surface area contributed by atoms with Gasteiger partial charge in [0.15, 0.2) is 5.69 Å². The number of benzene rings is 1. The molecule has 0 aliphatic heterocycles. The fraction of sp³-hybridized carbons (Fsp3) is 0.0909. The molecule has 0 aliphatic carbocycles. The van der Waals surface area contributed by atoms with Gasteiger partial charge in [-0.1, -0.05) is 0 Å². The highest BCUT2D eigenvalue weighted by Gasteiger charge is 2.33. The van der Waals surface area contributed by atoms with Crippen molar-refractivity contribution in [3.05, 3.63) is 44.9 Å². The van der Waals surface area contributed by atoms with E-state index in [0.29, 0.717) is 5.69 Å². The van der Waals surface area contributed by atoms with Crippen LogP contribution in [0.5, 0.6) is 0 Å². The van der Waals surface area contributed by atoms with Gasteiger partial charge >= 0.3 is 6.18 Å². The second-order valence-electron chi connectivity index (χ2n) is 3.54. The Hall–Kier alpha value is -1.09. The van der Waals surface area contributed by atoms with Crippen molar-refractivity contribution in [3.8, 4) is 0 Å². The normalized spacial score (nSPS) is 11.4. The molecule has 0 bridgehead atoms. The summed E-state index contributed by atoms with van der Waals surface area (Å²) in [5.41, 5.74) is -0.469. The van der Waals surface area contributed by atoms with E-state index in [1.807, 2.05) is 12.1 Å². The summed E-state index contributed by atoms with van der Waals surface area (Å²) in [5.74, 6) is -0.00599. The van der Waals surface area contributed by atoms with Crippen molar-refractivity contribution < 1.29 is 13.2 Å². The van der Waals surface area contributed by atoms with Crippen LogP contribution in [0.3, 0.4) is 0 Å². The number of rotatable bonds is 2. The van der Waals surface area contributed by atoms with Crippen molar-refractivity contribution in [1.29, 1.82) is 0 Å². The maximum absolute atomic E-state index is 12.6. The quantitative estimate of drug-likeness (QED) is 0.597. The van der Waals surface area contributed by atoms with Gasteiger partial charge in [-0.25, -0.2) is 9.97 Å². The molecule has 0 saturated carbocycles. The summed E-state index contributed by atoms with van der Waals surface area (Å²) in [4.78, 5) is 6.86. The molecule has 1 aromatic carbocycles. The second kappa shape index (κ2) is 5.49. The van der Waals surface area contributed by atoms with Gasteiger partial charge in [-0.15, -0.1) is 0 Å². The van der Waals surface area contributed by atoms with E-state index in [0.717, 1.165) is 9.64 Å². The van der Waals surface area contributed by atoms with Crippen LogP contribution in [-0.2, 0) is 6.18 Å². The number of hydrogen-bond donors (Lipinski definition) is 1. The lowest BCUT2D eigenvalue weighted by Crippen LogP contribution is -2.10. The van der Waals surface area contributed by atoms with Crippen molar-refractivity contribution in [2.24, 2.45) is 0 Å². The Morgan fingerprint density at radius 2 is 1.74 bits per heavy atom. The molecule has 1 heterocycles. The molecule has 0 saturated heterocycles. The Balaban J connectivity index is 2.30. The fourth-order valence-electron chi connectivity index (χ4n) is 1.31. The minimum atomic E-state index is -4.56. The van der Waals surface area contributed by atoms with Crippen LogP contribution in [0, 0.1) is 3.57 Å². The third-order valence-corrected chi connectivity index (χ3v) is 2.99. The molecular formula is C11H6ClF3IN3. The molecule has 2 rings (SSSR count). The zero-order chi connectivity index (χ0) is 14.0. The molecule has 100 valence electrons. The molecule has 0 amide bonds. The summed E-state index contributed by atoms with van der Waals surface area (Å²) in [7, 11) is 0. The molecule has 19 heavy (non-hydrogen) atoms. The van der Waals surface area contributed by atoms with Gasteiger partial charge in [-0.2, -0.15) is 13.2 Å². The molecular weight excluding hydrogens is 393 g/mol. The first-order chi connectivity index (χ1) is 8.84. The average molecular weight is 400 g/mol. The molecule has 8 heteroatoms. The van der Waals surface area contributed by atoms with Crippen molar-refractivity contribution in [2.75, 3.05) is 5.32 Å². The first kappa shape index (κ1) is 14.3. The van der Waals surface area contributed by atoms with Crippen LogP contribution in [0.1, 0.15) is 5.69 Å². The number of alkyl halides is 3. The van der Waals surface area contributed by atoms with Crippen LogP contribution in [0.25, 0.3) is 0 Å². The Bertz CT molecular complexity index is 587. The Morgan fingerprint density at radius 1 is 1.11 bits per heavy atom. The van der Waals surface area contributed by atoms with Gasteiger partial charge in [0.05, 0.1) is 0 Å². The van der Waals surface area contributed by atoms with Crippen LogP contribution in [0.2, 0.25) is 5.28 Å². The Morgan fingerprint density at radius 3 is 2.32 bits per heavy atom. The highest BCUT2D eigenvalue weighted by molar-refractivity contribution is 14.1. The standard InChI is InChI=1S/C11H6ClF3IN3/c12-10-18-8(11(13,14)15)5-9(19-10)17-7-3-1-6(16)2-4-7/h1-5H,(H,17,18,19). The zero-order valence-corrected chi connectivity index (χ0v) is 12.1. The van der Waals surface area contributed by atoms with Crippen LogP contribution >= 0.6 is 34.2 Å². The maximum atomic E-state index is 12.6. The third kappa shape index (κ3) is 3.93. The Labute approximate surface area is 125 Å². The monoisotopic (exact) mass is 399 g/mol. The molecule has 3 nitrogen and oxygen atoms in total. The van der Waals surface area contributed by atoms with E-state index in [4.69, 9.17) is 11.6 Å². The predicted octanol–water partition coefficient (Wildman–Crippen LogP) is 4.50. The van der Waals surface area contributed by atoms with E-state index in [1.54, 1.807) is 12.1 Å². The molecule has 1 N–H and O–H groups in total. The summed E-state index contributed by atoms with van der Waals surface area (Å²) >= 11 is 7.61. The van der Waals surface area contributed by atoms with Gasteiger partial charge in [0.1, 0.15) is 5.82 Å². The predicted molar refractivity (Wildman–Crippen MR) is 74.5 cm³/mol. The van der Waals surface area contributed by atoms with E-state index in [1.165, 1.54) is 0 Å². The van der Waals surface area contributed by atoms with Crippen molar-refractivity contribution >= 4 is 45.7 Å². The number of anilines is 2. The van der Waals surface area contributed by atoms with E-state index in [9.17, 15) is 13.2 Å². The summed E-state index contributed by atoms with van der Waals surface area (Å²) in [6.45, 7) is 0. The molecule has 0 spiro atoms. The summed E-state index contributed by atoms with van der Waals surface area (Å²) in [6.07, 6.45) is -4.56. The largest absolute Gasteiger partial charge is 0.433 e. The molecule has 0 radical (unpaired) electrons. The van der Waals surface area contributed by atoms with Crippen molar-refractivity contribution in [2.45, 2.75) is 6.18 Å². The number of hydrogen-bond acceptors (Lipinski definition) is 3. The molecule has 0 fully saturated rings. The zero-order valence-electron chi connectivity index (χ0n) is 9.17. The van der Waals surface area contributed by atoms with Gasteiger partial charge in [-0.05, 0) is 58.5 Å². The van der Waals surface area contributed by atoms with E-state index in [-0.39, 0.29) is 5.82 Å². The first-order valence-corrected chi connectivity index (χ1v) is 6.44. The fourth-order valence-corrected chi connectivity index (χ4v) is 1.85. The van der Waals surface area contributed by atoms with Crippen molar-refractivity contribution in [1.82, 2.24) is 9.97 Å². The highest BCUT2D eigenvalue weighted by atomic mass is 127. The number of aromatic nitrogens is 2. The number of nitrogens with one attached hydrogen (secondary N) is 1. The smallest absolute Gasteiger partial charge is 0.340 e. The highest BCUT2D eigenvalue weighted by Crippen LogP contribution is 2.30. The van der Waals surface area contributed by atoms with Gasteiger partial charge in [0.2, 0.25) is 5.28 Å². The average Bonchev–Trinajstić information content (AvgIpc) is 2.30. The third-order valence-electron chi connectivity index (χ3n) is 2.11. The molecule has 2 aromatic rings. The molecule has 0 atom stereocenters.